The van der Waals surface area contributed by atoms with Gasteiger partial charge in [0.15, 0.2) is 0 Å². The van der Waals surface area contributed by atoms with E-state index in [9.17, 15) is 13.2 Å². The number of methoxy groups -OCH3 is 2. The van der Waals surface area contributed by atoms with Crippen LogP contribution in [0.4, 0.5) is 5.69 Å². The monoisotopic (exact) mass is 418 g/mol. The summed E-state index contributed by atoms with van der Waals surface area (Å²) >= 11 is 0. The maximum atomic E-state index is 13.2. The number of rotatable bonds is 7. The second kappa shape index (κ2) is 8.42. The molecule has 0 aliphatic carbocycles. The first-order chi connectivity index (χ1) is 13.9. The first kappa shape index (κ1) is 21.1. The summed E-state index contributed by atoms with van der Waals surface area (Å²) < 4.78 is 37.6. The predicted molar refractivity (Wildman–Crippen MR) is 111 cm³/mol. The lowest BCUT2D eigenvalue weighted by atomic mass is 10.1. The van der Waals surface area contributed by atoms with Crippen molar-refractivity contribution in [3.63, 3.8) is 0 Å². The Labute approximate surface area is 171 Å². The van der Waals surface area contributed by atoms with E-state index in [2.05, 4.69) is 0 Å². The van der Waals surface area contributed by atoms with Crippen molar-refractivity contribution in [1.82, 2.24) is 4.31 Å². The minimum absolute atomic E-state index is 0.192. The summed E-state index contributed by atoms with van der Waals surface area (Å²) in [6.45, 7) is 4.95. The number of carbonyl (C=O) groups excluding carboxylic acids is 1. The third kappa shape index (κ3) is 3.82. The fraction of sp³-hybridized carbons (Fsp3) is 0.381. The summed E-state index contributed by atoms with van der Waals surface area (Å²) in [6, 6.07) is 10.0. The largest absolute Gasteiger partial charge is 0.497 e. The van der Waals surface area contributed by atoms with Crippen LogP contribution in [0.2, 0.25) is 0 Å². The number of amides is 1. The van der Waals surface area contributed by atoms with Crippen LogP contribution in [0.5, 0.6) is 11.5 Å². The summed E-state index contributed by atoms with van der Waals surface area (Å²) in [6.07, 6.45) is 0.598. The third-order valence-corrected chi connectivity index (χ3v) is 7.22. The quantitative estimate of drug-likeness (QED) is 0.691. The molecule has 3 rings (SSSR count). The van der Waals surface area contributed by atoms with Gasteiger partial charge in [-0.2, -0.15) is 4.31 Å². The molecule has 2 aromatic rings. The number of fused-ring (bicyclic) bond motifs is 1. The van der Waals surface area contributed by atoms with Crippen LogP contribution >= 0.6 is 0 Å². The van der Waals surface area contributed by atoms with E-state index in [4.69, 9.17) is 9.47 Å². The molecule has 1 aliphatic heterocycles. The summed E-state index contributed by atoms with van der Waals surface area (Å²) in [5, 5.41) is 0. The highest BCUT2D eigenvalue weighted by Crippen LogP contribution is 2.34. The summed E-state index contributed by atoms with van der Waals surface area (Å²) in [5.74, 6) is 0.845. The van der Waals surface area contributed by atoms with Crippen LogP contribution in [0, 0.1) is 0 Å². The van der Waals surface area contributed by atoms with Gasteiger partial charge < -0.3 is 14.4 Å². The van der Waals surface area contributed by atoms with Crippen molar-refractivity contribution in [2.24, 2.45) is 0 Å². The van der Waals surface area contributed by atoms with Crippen molar-refractivity contribution in [3.05, 3.63) is 47.5 Å². The van der Waals surface area contributed by atoms with Gasteiger partial charge in [0.05, 0.1) is 24.7 Å². The molecule has 0 bridgehead atoms. The molecular weight excluding hydrogens is 392 g/mol. The Balaban J connectivity index is 1.94. The number of anilines is 1. The van der Waals surface area contributed by atoms with Crippen LogP contribution in [-0.4, -0.2) is 52.5 Å². The van der Waals surface area contributed by atoms with Gasteiger partial charge in [-0.05, 0) is 42.3 Å². The number of benzene rings is 2. The molecule has 2 aromatic carbocycles. The Morgan fingerprint density at radius 3 is 2.41 bits per heavy atom. The second-order valence-electron chi connectivity index (χ2n) is 6.65. The van der Waals surface area contributed by atoms with E-state index in [-0.39, 0.29) is 10.8 Å². The van der Waals surface area contributed by atoms with Crippen LogP contribution in [0.15, 0.2) is 41.3 Å². The van der Waals surface area contributed by atoms with E-state index in [0.717, 1.165) is 11.3 Å². The van der Waals surface area contributed by atoms with Gasteiger partial charge in [-0.1, -0.05) is 13.8 Å². The van der Waals surface area contributed by atoms with E-state index < -0.39 is 10.0 Å². The molecule has 1 aliphatic rings. The second-order valence-corrected chi connectivity index (χ2v) is 8.59. The van der Waals surface area contributed by atoms with Crippen molar-refractivity contribution >= 4 is 21.6 Å². The molecular formula is C21H26N2O5S. The minimum Gasteiger partial charge on any atom is -0.497 e. The zero-order valence-corrected chi connectivity index (χ0v) is 18.0. The van der Waals surface area contributed by atoms with E-state index in [1.54, 1.807) is 48.4 Å². The maximum absolute atomic E-state index is 13.2. The molecule has 0 atom stereocenters. The first-order valence-electron chi connectivity index (χ1n) is 9.54. The molecule has 0 aromatic heterocycles. The van der Waals surface area contributed by atoms with Crippen molar-refractivity contribution in [2.45, 2.75) is 25.2 Å². The fourth-order valence-electron chi connectivity index (χ4n) is 3.58. The average molecular weight is 419 g/mol. The van der Waals surface area contributed by atoms with Crippen molar-refractivity contribution in [1.29, 1.82) is 0 Å². The predicted octanol–water partition coefficient (Wildman–Crippen LogP) is 2.94. The number of hydrogen-bond donors (Lipinski definition) is 0. The zero-order valence-electron chi connectivity index (χ0n) is 17.1. The molecule has 0 saturated heterocycles. The third-order valence-electron chi connectivity index (χ3n) is 5.17. The first-order valence-corrected chi connectivity index (χ1v) is 11.0. The van der Waals surface area contributed by atoms with Crippen molar-refractivity contribution in [2.75, 3.05) is 38.8 Å². The van der Waals surface area contributed by atoms with E-state index in [1.807, 2.05) is 13.8 Å². The highest BCUT2D eigenvalue weighted by atomic mass is 32.2. The molecule has 0 spiro atoms. The molecule has 29 heavy (non-hydrogen) atoms. The zero-order chi connectivity index (χ0) is 21.2. The molecule has 8 heteroatoms. The van der Waals surface area contributed by atoms with Crippen LogP contribution in [-0.2, 0) is 16.4 Å². The highest BCUT2D eigenvalue weighted by Gasteiger charge is 2.30. The van der Waals surface area contributed by atoms with E-state index >= 15 is 0 Å². The summed E-state index contributed by atoms with van der Waals surface area (Å²) in [5.41, 5.74) is 2.01. The van der Waals surface area contributed by atoms with Crippen LogP contribution in [0.3, 0.4) is 0 Å². The van der Waals surface area contributed by atoms with Crippen molar-refractivity contribution in [3.8, 4) is 11.5 Å². The summed E-state index contributed by atoms with van der Waals surface area (Å²) in [4.78, 5) is 15.1. The number of ether oxygens (including phenoxy) is 2. The van der Waals surface area contributed by atoms with E-state index in [1.165, 1.54) is 11.4 Å². The van der Waals surface area contributed by atoms with Crippen LogP contribution in [0.25, 0.3) is 0 Å². The van der Waals surface area contributed by atoms with Crippen LogP contribution in [0.1, 0.15) is 29.8 Å². The number of hydrogen-bond acceptors (Lipinski definition) is 5. The van der Waals surface area contributed by atoms with Crippen LogP contribution < -0.4 is 14.4 Å². The topological polar surface area (TPSA) is 76.2 Å². The smallest absolute Gasteiger partial charge is 0.262 e. The SMILES string of the molecule is CCN(CC)S(=O)(=O)c1ccc2c(c1)CCN2C(=O)c1ccc(OC)cc1OC. The molecule has 1 amide bonds. The van der Waals surface area contributed by atoms with Gasteiger partial charge in [0.2, 0.25) is 10.0 Å². The van der Waals surface area contributed by atoms with Gasteiger partial charge in [-0.3, -0.25) is 4.79 Å². The van der Waals surface area contributed by atoms with Gasteiger partial charge in [-0.25, -0.2) is 8.42 Å². The van der Waals surface area contributed by atoms with Gasteiger partial charge in [-0.15, -0.1) is 0 Å². The Morgan fingerprint density at radius 2 is 1.79 bits per heavy atom. The lowest BCUT2D eigenvalue weighted by Crippen LogP contribution is -2.31. The Kier molecular flexibility index (Phi) is 6.14. The van der Waals surface area contributed by atoms with Crippen molar-refractivity contribution < 1.29 is 22.7 Å². The minimum atomic E-state index is -3.54. The number of carbonyl (C=O) groups is 1. The molecule has 7 nitrogen and oxygen atoms in total. The Bertz CT molecular complexity index is 1020. The Morgan fingerprint density at radius 1 is 1.07 bits per heavy atom. The normalized spacial score (nSPS) is 13.5. The van der Waals surface area contributed by atoms with E-state index in [0.29, 0.717) is 43.1 Å². The maximum Gasteiger partial charge on any atom is 0.262 e. The molecule has 0 N–H and O–H groups in total. The molecule has 0 radical (unpaired) electrons. The summed E-state index contributed by atoms with van der Waals surface area (Å²) in [7, 11) is -0.475. The molecule has 0 unspecified atom stereocenters. The average Bonchev–Trinajstić information content (AvgIpc) is 3.16. The number of sulfonamides is 1. The molecule has 156 valence electrons. The number of nitrogens with zero attached hydrogens (tertiary/aromatic N) is 2. The van der Waals surface area contributed by atoms with Gasteiger partial charge in [0.25, 0.3) is 5.91 Å². The molecule has 0 fully saturated rings. The standard InChI is InChI=1S/C21H26N2O5S/c1-5-22(6-2)29(25,26)17-8-10-19-15(13-17)11-12-23(19)21(24)18-9-7-16(27-3)14-20(18)28-4/h7-10,13-14H,5-6,11-12H2,1-4H3. The highest BCUT2D eigenvalue weighted by molar-refractivity contribution is 7.89. The molecule has 0 saturated carbocycles. The molecule has 1 heterocycles. The van der Waals surface area contributed by atoms with Gasteiger partial charge in [0.1, 0.15) is 11.5 Å². The fourth-order valence-corrected chi connectivity index (χ4v) is 5.09. The lowest BCUT2D eigenvalue weighted by Gasteiger charge is -2.21. The lowest BCUT2D eigenvalue weighted by molar-refractivity contribution is 0.0986. The Hall–Kier alpha value is -2.58. The van der Waals surface area contributed by atoms with Gasteiger partial charge >= 0.3 is 0 Å². The van der Waals surface area contributed by atoms with Gasteiger partial charge in [0, 0.05) is 31.4 Å².